The molecule has 0 spiro atoms. The van der Waals surface area contributed by atoms with Gasteiger partial charge in [0.2, 0.25) is 0 Å². The molecule has 0 heterocycles. The maximum Gasteiger partial charge on any atom is 0.319 e. The fourth-order valence-electron chi connectivity index (χ4n) is 1.00. The Morgan fingerprint density at radius 1 is 1.29 bits per heavy atom. The van der Waals surface area contributed by atoms with Gasteiger partial charge in [-0.2, -0.15) is 0 Å². The zero-order valence-corrected chi connectivity index (χ0v) is 7.74. The van der Waals surface area contributed by atoms with E-state index < -0.39 is 0 Å². The molecule has 0 bridgehead atoms. The number of rotatable bonds is 2. The summed E-state index contributed by atoms with van der Waals surface area (Å²) in [6.45, 7) is 2.30. The van der Waals surface area contributed by atoms with Crippen molar-refractivity contribution in [2.75, 3.05) is 11.9 Å². The minimum atomic E-state index is -0.377. The van der Waals surface area contributed by atoms with E-state index in [0.29, 0.717) is 12.2 Å². The zero-order chi connectivity index (χ0) is 10.6. The third-order valence-corrected chi connectivity index (χ3v) is 1.50. The van der Waals surface area contributed by atoms with Gasteiger partial charge in [-0.1, -0.05) is 0 Å². The van der Waals surface area contributed by atoms with Crippen molar-refractivity contribution in [3.63, 3.8) is 0 Å². The molecule has 4 N–H and O–H groups in total. The van der Waals surface area contributed by atoms with Crippen molar-refractivity contribution >= 4 is 11.7 Å². The molecule has 14 heavy (non-hydrogen) atoms. The summed E-state index contributed by atoms with van der Waals surface area (Å²) in [7, 11) is 0. The van der Waals surface area contributed by atoms with E-state index in [-0.39, 0.29) is 17.5 Å². The first-order chi connectivity index (χ1) is 6.61. The van der Waals surface area contributed by atoms with Crippen LogP contribution >= 0.6 is 0 Å². The zero-order valence-electron chi connectivity index (χ0n) is 7.74. The predicted octanol–water partition coefficient (Wildman–Crippen LogP) is 1.24. The largest absolute Gasteiger partial charge is 0.508 e. The molecule has 1 rings (SSSR count). The van der Waals surface area contributed by atoms with Crippen LogP contribution in [0.1, 0.15) is 6.92 Å². The standard InChI is InChI=1S/C9H12N2O3/c1-2-10-9(14)11-6-3-7(12)5-8(13)4-6/h3-5,12-13H,2H2,1H3,(H2,10,11,14). The molecule has 2 amide bonds. The molecule has 0 aromatic heterocycles. The Bertz CT molecular complexity index is 319. The molecule has 1 aromatic rings. The van der Waals surface area contributed by atoms with Gasteiger partial charge in [0.05, 0.1) is 0 Å². The van der Waals surface area contributed by atoms with E-state index in [1.165, 1.54) is 18.2 Å². The Morgan fingerprint density at radius 3 is 2.36 bits per heavy atom. The number of phenols is 2. The molecule has 0 saturated heterocycles. The number of nitrogens with one attached hydrogen (secondary N) is 2. The Hall–Kier alpha value is -1.91. The highest BCUT2D eigenvalue weighted by atomic mass is 16.3. The average Bonchev–Trinajstić information content (AvgIpc) is 2.01. The molecule has 0 atom stereocenters. The van der Waals surface area contributed by atoms with Crippen LogP contribution in [0.2, 0.25) is 0 Å². The Morgan fingerprint density at radius 2 is 1.86 bits per heavy atom. The van der Waals surface area contributed by atoms with Crippen LogP contribution in [0, 0.1) is 0 Å². The Balaban J connectivity index is 2.71. The van der Waals surface area contributed by atoms with E-state index in [2.05, 4.69) is 10.6 Å². The van der Waals surface area contributed by atoms with Gasteiger partial charge in [-0.05, 0) is 6.92 Å². The Labute approximate surface area is 81.4 Å². The molecule has 0 aliphatic carbocycles. The van der Waals surface area contributed by atoms with Gasteiger partial charge in [0.25, 0.3) is 0 Å². The third-order valence-electron chi connectivity index (χ3n) is 1.50. The van der Waals surface area contributed by atoms with Crippen LogP contribution in [0.3, 0.4) is 0 Å². The summed E-state index contributed by atoms with van der Waals surface area (Å²) in [5.41, 5.74) is 0.341. The summed E-state index contributed by atoms with van der Waals surface area (Å²) < 4.78 is 0. The van der Waals surface area contributed by atoms with Gasteiger partial charge in [0.1, 0.15) is 11.5 Å². The quantitative estimate of drug-likeness (QED) is 0.574. The first-order valence-corrected chi connectivity index (χ1v) is 4.19. The van der Waals surface area contributed by atoms with E-state index in [4.69, 9.17) is 10.2 Å². The normalized spacial score (nSPS) is 9.50. The molecule has 5 nitrogen and oxygen atoms in total. The summed E-state index contributed by atoms with van der Waals surface area (Å²) in [6.07, 6.45) is 0. The van der Waals surface area contributed by atoms with E-state index in [0.717, 1.165) is 0 Å². The number of benzene rings is 1. The van der Waals surface area contributed by atoms with Crippen molar-refractivity contribution in [2.24, 2.45) is 0 Å². The summed E-state index contributed by atoms with van der Waals surface area (Å²) in [4.78, 5) is 11.0. The van der Waals surface area contributed by atoms with Crippen LogP contribution in [-0.4, -0.2) is 22.8 Å². The molecule has 0 radical (unpaired) electrons. The first-order valence-electron chi connectivity index (χ1n) is 4.19. The lowest BCUT2D eigenvalue weighted by molar-refractivity contribution is 0.252. The fraction of sp³-hybridized carbons (Fsp3) is 0.222. The SMILES string of the molecule is CCNC(=O)Nc1cc(O)cc(O)c1. The monoisotopic (exact) mass is 196 g/mol. The maximum atomic E-state index is 11.0. The molecule has 76 valence electrons. The summed E-state index contributed by atoms with van der Waals surface area (Å²) in [5, 5.41) is 23.2. The van der Waals surface area contributed by atoms with Crippen LogP contribution in [0.5, 0.6) is 11.5 Å². The number of aromatic hydroxyl groups is 2. The molecular weight excluding hydrogens is 184 g/mol. The first kappa shape index (κ1) is 10.2. The summed E-state index contributed by atoms with van der Waals surface area (Å²) in [5.74, 6) is -0.200. The van der Waals surface area contributed by atoms with Crippen molar-refractivity contribution in [2.45, 2.75) is 6.92 Å². The molecule has 1 aromatic carbocycles. The topological polar surface area (TPSA) is 81.6 Å². The lowest BCUT2D eigenvalue weighted by atomic mass is 10.3. The van der Waals surface area contributed by atoms with Gasteiger partial charge in [0, 0.05) is 30.4 Å². The number of urea groups is 1. The molecule has 0 unspecified atom stereocenters. The van der Waals surface area contributed by atoms with Crippen molar-refractivity contribution in [3.05, 3.63) is 18.2 Å². The molecule has 0 fully saturated rings. The molecule has 0 aliphatic heterocycles. The highest BCUT2D eigenvalue weighted by Crippen LogP contribution is 2.23. The lowest BCUT2D eigenvalue weighted by Crippen LogP contribution is -2.28. The maximum absolute atomic E-state index is 11.0. The van der Waals surface area contributed by atoms with E-state index in [9.17, 15) is 4.79 Å². The van der Waals surface area contributed by atoms with Crippen molar-refractivity contribution in [1.29, 1.82) is 0 Å². The molecule has 0 aliphatic rings. The number of carbonyl (C=O) groups is 1. The van der Waals surface area contributed by atoms with E-state index >= 15 is 0 Å². The highest BCUT2D eigenvalue weighted by molar-refractivity contribution is 5.89. The molecular formula is C9H12N2O3. The number of hydrogen-bond donors (Lipinski definition) is 4. The average molecular weight is 196 g/mol. The van der Waals surface area contributed by atoms with Gasteiger partial charge < -0.3 is 20.8 Å². The minimum absolute atomic E-state index is 0.100. The van der Waals surface area contributed by atoms with Crippen LogP contribution in [0.15, 0.2) is 18.2 Å². The van der Waals surface area contributed by atoms with E-state index in [1.54, 1.807) is 6.92 Å². The summed E-state index contributed by atoms with van der Waals surface area (Å²) in [6, 6.07) is 3.49. The molecule has 5 heteroatoms. The molecule has 0 saturated carbocycles. The smallest absolute Gasteiger partial charge is 0.319 e. The van der Waals surface area contributed by atoms with Crippen molar-refractivity contribution < 1.29 is 15.0 Å². The second-order valence-electron chi connectivity index (χ2n) is 2.72. The van der Waals surface area contributed by atoms with Gasteiger partial charge in [-0.3, -0.25) is 0 Å². The lowest BCUT2D eigenvalue weighted by Gasteiger charge is -2.06. The predicted molar refractivity (Wildman–Crippen MR) is 52.5 cm³/mol. The number of carbonyl (C=O) groups excluding carboxylic acids is 1. The van der Waals surface area contributed by atoms with Gasteiger partial charge in [-0.15, -0.1) is 0 Å². The van der Waals surface area contributed by atoms with Crippen LogP contribution in [-0.2, 0) is 0 Å². The fourth-order valence-corrected chi connectivity index (χ4v) is 1.00. The van der Waals surface area contributed by atoms with Gasteiger partial charge in [-0.25, -0.2) is 4.79 Å². The van der Waals surface area contributed by atoms with Crippen molar-refractivity contribution in [1.82, 2.24) is 5.32 Å². The Kier molecular flexibility index (Phi) is 3.17. The minimum Gasteiger partial charge on any atom is -0.508 e. The second-order valence-corrected chi connectivity index (χ2v) is 2.72. The number of phenolic OH excluding ortho intramolecular Hbond substituents is 2. The number of amides is 2. The number of hydrogen-bond acceptors (Lipinski definition) is 3. The van der Waals surface area contributed by atoms with Crippen LogP contribution < -0.4 is 10.6 Å². The summed E-state index contributed by atoms with van der Waals surface area (Å²) >= 11 is 0. The van der Waals surface area contributed by atoms with E-state index in [1.807, 2.05) is 0 Å². The highest BCUT2D eigenvalue weighted by Gasteiger charge is 2.02. The number of anilines is 1. The van der Waals surface area contributed by atoms with Crippen molar-refractivity contribution in [3.8, 4) is 11.5 Å². The van der Waals surface area contributed by atoms with Gasteiger partial charge in [0.15, 0.2) is 0 Å². The second kappa shape index (κ2) is 4.36. The van der Waals surface area contributed by atoms with Crippen LogP contribution in [0.4, 0.5) is 10.5 Å². The third kappa shape index (κ3) is 2.85. The van der Waals surface area contributed by atoms with Gasteiger partial charge >= 0.3 is 6.03 Å². The van der Waals surface area contributed by atoms with Crippen LogP contribution in [0.25, 0.3) is 0 Å².